The Morgan fingerprint density at radius 2 is 1.88 bits per heavy atom. The highest BCUT2D eigenvalue weighted by atomic mass is 16.5. The number of carbonyl (C=O) groups excluding carboxylic acids is 1. The number of nitrogens with one attached hydrogen (secondary N) is 1. The average molecular weight is 244 g/mol. The first-order valence-electron chi connectivity index (χ1n) is 6.58. The van der Waals surface area contributed by atoms with E-state index in [0.29, 0.717) is 12.5 Å². The van der Waals surface area contributed by atoms with Gasteiger partial charge in [-0.1, -0.05) is 13.8 Å². The Bertz CT molecular complexity index is 206. The van der Waals surface area contributed by atoms with Gasteiger partial charge in [0.25, 0.3) is 0 Å². The fraction of sp³-hybridized carbons (Fsp3) is 0.923. The van der Waals surface area contributed by atoms with Crippen molar-refractivity contribution < 1.29 is 9.53 Å². The lowest BCUT2D eigenvalue weighted by Gasteiger charge is -2.14. The van der Waals surface area contributed by atoms with Gasteiger partial charge in [0.1, 0.15) is 0 Å². The summed E-state index contributed by atoms with van der Waals surface area (Å²) in [6, 6.07) is -0.373. The Morgan fingerprint density at radius 3 is 2.41 bits per heavy atom. The number of rotatable bonds is 9. The first-order chi connectivity index (χ1) is 7.93. The third kappa shape index (κ3) is 10.3. The van der Waals surface area contributed by atoms with E-state index in [2.05, 4.69) is 19.2 Å². The maximum Gasteiger partial charge on any atom is 0.236 e. The van der Waals surface area contributed by atoms with Gasteiger partial charge in [-0.15, -0.1) is 0 Å². The van der Waals surface area contributed by atoms with Crippen molar-refractivity contribution in [3.63, 3.8) is 0 Å². The number of amides is 1. The predicted molar refractivity (Wildman–Crippen MR) is 70.8 cm³/mol. The van der Waals surface area contributed by atoms with Crippen molar-refractivity contribution in [1.29, 1.82) is 0 Å². The molecule has 0 aliphatic carbocycles. The number of hydrogen-bond acceptors (Lipinski definition) is 3. The molecule has 0 spiro atoms. The van der Waals surface area contributed by atoms with Gasteiger partial charge in [0.05, 0.1) is 12.1 Å². The van der Waals surface area contributed by atoms with Crippen molar-refractivity contribution in [3.8, 4) is 0 Å². The van der Waals surface area contributed by atoms with Crippen molar-refractivity contribution in [2.45, 2.75) is 59.1 Å². The van der Waals surface area contributed by atoms with Crippen LogP contribution >= 0.6 is 0 Å². The topological polar surface area (TPSA) is 64.4 Å². The molecule has 17 heavy (non-hydrogen) atoms. The molecule has 0 radical (unpaired) electrons. The molecule has 1 amide bonds. The van der Waals surface area contributed by atoms with Crippen LogP contribution in [0.25, 0.3) is 0 Å². The highest BCUT2D eigenvalue weighted by Gasteiger charge is 2.13. The summed E-state index contributed by atoms with van der Waals surface area (Å²) in [5.41, 5.74) is 5.76. The highest BCUT2D eigenvalue weighted by Crippen LogP contribution is 2.02. The molecule has 0 saturated heterocycles. The van der Waals surface area contributed by atoms with Gasteiger partial charge >= 0.3 is 0 Å². The Morgan fingerprint density at radius 1 is 1.24 bits per heavy atom. The van der Waals surface area contributed by atoms with E-state index in [1.807, 2.05) is 13.8 Å². The minimum atomic E-state index is -0.373. The van der Waals surface area contributed by atoms with Gasteiger partial charge in [-0.05, 0) is 39.0 Å². The van der Waals surface area contributed by atoms with Crippen LogP contribution < -0.4 is 11.1 Å². The zero-order valence-electron chi connectivity index (χ0n) is 11.7. The molecule has 1 unspecified atom stereocenters. The molecule has 102 valence electrons. The summed E-state index contributed by atoms with van der Waals surface area (Å²) in [6.45, 7) is 9.61. The Balaban J connectivity index is 3.45. The molecule has 0 saturated carbocycles. The summed E-state index contributed by atoms with van der Waals surface area (Å²) in [4.78, 5) is 11.6. The molecule has 0 aromatic rings. The summed E-state index contributed by atoms with van der Waals surface area (Å²) >= 11 is 0. The van der Waals surface area contributed by atoms with Crippen LogP contribution in [0.15, 0.2) is 0 Å². The Kier molecular flexibility index (Phi) is 9.09. The fourth-order valence-electron chi connectivity index (χ4n) is 1.50. The second kappa shape index (κ2) is 9.42. The van der Waals surface area contributed by atoms with Crippen LogP contribution in [0.3, 0.4) is 0 Å². The van der Waals surface area contributed by atoms with Crippen molar-refractivity contribution in [3.05, 3.63) is 0 Å². The predicted octanol–water partition coefficient (Wildman–Crippen LogP) is 1.68. The smallest absolute Gasteiger partial charge is 0.236 e. The Hall–Kier alpha value is -0.610. The lowest BCUT2D eigenvalue weighted by Crippen LogP contribution is -2.41. The molecule has 0 rings (SSSR count). The molecular formula is C13H28N2O2. The number of unbranched alkanes of at least 4 members (excludes halogenated alkanes) is 1. The molecule has 0 aliphatic heterocycles. The van der Waals surface area contributed by atoms with Crippen molar-refractivity contribution in [2.75, 3.05) is 13.2 Å². The zero-order valence-corrected chi connectivity index (χ0v) is 11.7. The normalized spacial score (nSPS) is 13.1. The van der Waals surface area contributed by atoms with Gasteiger partial charge in [0, 0.05) is 13.2 Å². The quantitative estimate of drug-likeness (QED) is 0.607. The number of carbonyl (C=O) groups is 1. The molecule has 0 bridgehead atoms. The van der Waals surface area contributed by atoms with Gasteiger partial charge in [0.15, 0.2) is 0 Å². The molecule has 0 heterocycles. The van der Waals surface area contributed by atoms with E-state index in [-0.39, 0.29) is 18.1 Å². The minimum Gasteiger partial charge on any atom is -0.379 e. The van der Waals surface area contributed by atoms with Gasteiger partial charge in [-0.2, -0.15) is 0 Å². The van der Waals surface area contributed by atoms with Crippen LogP contribution in [0, 0.1) is 5.92 Å². The monoisotopic (exact) mass is 244 g/mol. The lowest BCUT2D eigenvalue weighted by atomic mass is 10.0. The summed E-state index contributed by atoms with van der Waals surface area (Å²) in [5.74, 6) is 0.415. The fourth-order valence-corrected chi connectivity index (χ4v) is 1.50. The van der Waals surface area contributed by atoms with Crippen LogP contribution in [0.1, 0.15) is 47.0 Å². The summed E-state index contributed by atoms with van der Waals surface area (Å²) < 4.78 is 5.41. The third-order valence-corrected chi connectivity index (χ3v) is 2.38. The van der Waals surface area contributed by atoms with Crippen LogP contribution in [-0.2, 0) is 9.53 Å². The molecule has 0 fully saturated rings. The van der Waals surface area contributed by atoms with Gasteiger partial charge in [0.2, 0.25) is 5.91 Å². The third-order valence-electron chi connectivity index (χ3n) is 2.38. The summed E-state index contributed by atoms with van der Waals surface area (Å²) in [7, 11) is 0. The second-order valence-corrected chi connectivity index (χ2v) is 5.15. The standard InChI is InChI=1S/C13H28N2O2/c1-10(2)9-12(14)13(16)15-7-5-6-8-17-11(3)4/h10-12H,5-9,14H2,1-4H3,(H,15,16). The molecule has 4 heteroatoms. The van der Waals surface area contributed by atoms with E-state index in [1.165, 1.54) is 0 Å². The largest absolute Gasteiger partial charge is 0.379 e. The first kappa shape index (κ1) is 16.4. The van der Waals surface area contributed by atoms with Crippen LogP contribution in [0.5, 0.6) is 0 Å². The second-order valence-electron chi connectivity index (χ2n) is 5.15. The molecule has 0 aromatic carbocycles. The van der Waals surface area contributed by atoms with Crippen molar-refractivity contribution >= 4 is 5.91 Å². The highest BCUT2D eigenvalue weighted by molar-refractivity contribution is 5.81. The van der Waals surface area contributed by atoms with Crippen LogP contribution in [0.2, 0.25) is 0 Å². The average Bonchev–Trinajstić information content (AvgIpc) is 2.21. The number of ether oxygens (including phenoxy) is 1. The molecule has 3 N–H and O–H groups in total. The van der Waals surface area contributed by atoms with Crippen molar-refractivity contribution in [1.82, 2.24) is 5.32 Å². The molecule has 0 aliphatic rings. The number of hydrogen-bond donors (Lipinski definition) is 2. The van der Waals surface area contributed by atoms with Crippen LogP contribution in [0.4, 0.5) is 0 Å². The molecule has 4 nitrogen and oxygen atoms in total. The number of nitrogens with two attached hydrogens (primary N) is 1. The lowest BCUT2D eigenvalue weighted by molar-refractivity contribution is -0.122. The van der Waals surface area contributed by atoms with Gasteiger partial charge in [-0.25, -0.2) is 0 Å². The summed E-state index contributed by atoms with van der Waals surface area (Å²) in [5, 5.41) is 2.86. The zero-order chi connectivity index (χ0) is 13.3. The van der Waals surface area contributed by atoms with E-state index >= 15 is 0 Å². The van der Waals surface area contributed by atoms with E-state index in [1.54, 1.807) is 0 Å². The van der Waals surface area contributed by atoms with Gasteiger partial charge in [-0.3, -0.25) is 4.79 Å². The molecule has 1 atom stereocenters. The maximum absolute atomic E-state index is 11.6. The minimum absolute atomic E-state index is 0.0384. The summed E-state index contributed by atoms with van der Waals surface area (Å²) in [6.07, 6.45) is 2.93. The van der Waals surface area contributed by atoms with Gasteiger partial charge < -0.3 is 15.8 Å². The van der Waals surface area contributed by atoms with Crippen molar-refractivity contribution in [2.24, 2.45) is 11.7 Å². The molecule has 0 aromatic heterocycles. The maximum atomic E-state index is 11.6. The van der Waals surface area contributed by atoms with E-state index < -0.39 is 0 Å². The SMILES string of the molecule is CC(C)CC(N)C(=O)NCCCCOC(C)C. The first-order valence-corrected chi connectivity index (χ1v) is 6.58. The Labute approximate surface area is 105 Å². The van der Waals surface area contributed by atoms with E-state index in [0.717, 1.165) is 25.9 Å². The van der Waals surface area contributed by atoms with E-state index in [9.17, 15) is 4.79 Å². The molecular weight excluding hydrogens is 216 g/mol. The van der Waals surface area contributed by atoms with E-state index in [4.69, 9.17) is 10.5 Å². The van der Waals surface area contributed by atoms with Crippen LogP contribution in [-0.4, -0.2) is 31.2 Å².